The van der Waals surface area contributed by atoms with Crippen molar-refractivity contribution in [1.29, 1.82) is 0 Å². The number of guanidine groups is 1. The molecule has 0 aliphatic carbocycles. The van der Waals surface area contributed by atoms with Gasteiger partial charge in [0.05, 0.1) is 0 Å². The van der Waals surface area contributed by atoms with Gasteiger partial charge in [-0.25, -0.2) is 0 Å². The zero-order valence-electron chi connectivity index (χ0n) is 8.79. The van der Waals surface area contributed by atoms with E-state index in [1.54, 1.807) is 0 Å². The molecule has 0 aromatic rings. The van der Waals surface area contributed by atoms with Crippen molar-refractivity contribution in [2.45, 2.75) is 26.3 Å². The second-order valence-corrected chi connectivity index (χ2v) is 3.67. The van der Waals surface area contributed by atoms with Crippen molar-refractivity contribution in [3.63, 3.8) is 0 Å². The summed E-state index contributed by atoms with van der Waals surface area (Å²) in [5.74, 6) is 0.626. The summed E-state index contributed by atoms with van der Waals surface area (Å²) in [6, 6.07) is 0.196. The Morgan fingerprint density at radius 3 is 2.93 bits per heavy atom. The highest BCUT2D eigenvalue weighted by atomic mass is 16.1. The van der Waals surface area contributed by atoms with Gasteiger partial charge in [0.2, 0.25) is 5.91 Å². The van der Waals surface area contributed by atoms with Crippen LogP contribution in [0.3, 0.4) is 0 Å². The molecule has 1 saturated heterocycles. The molecule has 1 rings (SSSR count). The largest absolute Gasteiger partial charge is 0.370 e. The van der Waals surface area contributed by atoms with Crippen LogP contribution in [0, 0.1) is 0 Å². The zero-order valence-corrected chi connectivity index (χ0v) is 8.79. The number of nitrogens with two attached hydrogens (primary N) is 1. The first-order valence-electron chi connectivity index (χ1n) is 4.94. The Kier molecular flexibility index (Phi) is 3.73. The SMILES string of the molecule is CC(C)N=C(N)N1CCNC(=O)CC1. The van der Waals surface area contributed by atoms with E-state index in [2.05, 4.69) is 10.3 Å². The molecule has 0 aromatic heterocycles. The number of nitrogens with one attached hydrogen (secondary N) is 1. The summed E-state index contributed by atoms with van der Waals surface area (Å²) in [5, 5.41) is 2.79. The molecule has 0 unspecified atom stereocenters. The van der Waals surface area contributed by atoms with Crippen LogP contribution in [0.25, 0.3) is 0 Å². The highest BCUT2D eigenvalue weighted by molar-refractivity contribution is 5.81. The number of carbonyl (C=O) groups is 1. The van der Waals surface area contributed by atoms with Gasteiger partial charge in [-0.2, -0.15) is 0 Å². The fourth-order valence-electron chi connectivity index (χ4n) is 1.34. The Labute approximate surface area is 84.4 Å². The minimum atomic E-state index is 0.0878. The molecule has 1 fully saturated rings. The van der Waals surface area contributed by atoms with E-state index in [0.29, 0.717) is 25.5 Å². The molecule has 1 heterocycles. The van der Waals surface area contributed by atoms with Gasteiger partial charge >= 0.3 is 0 Å². The van der Waals surface area contributed by atoms with Crippen LogP contribution < -0.4 is 11.1 Å². The van der Waals surface area contributed by atoms with Crippen LogP contribution in [0.5, 0.6) is 0 Å². The molecule has 0 aromatic carbocycles. The summed E-state index contributed by atoms with van der Waals surface area (Å²) < 4.78 is 0. The van der Waals surface area contributed by atoms with Gasteiger partial charge in [-0.1, -0.05) is 0 Å². The second-order valence-electron chi connectivity index (χ2n) is 3.67. The summed E-state index contributed by atoms with van der Waals surface area (Å²) in [7, 11) is 0. The maximum atomic E-state index is 11.1. The summed E-state index contributed by atoms with van der Waals surface area (Å²) in [4.78, 5) is 17.2. The molecule has 1 aliphatic heterocycles. The number of nitrogens with zero attached hydrogens (tertiary/aromatic N) is 2. The topological polar surface area (TPSA) is 70.7 Å². The van der Waals surface area contributed by atoms with Crippen LogP contribution in [0.1, 0.15) is 20.3 Å². The smallest absolute Gasteiger partial charge is 0.221 e. The van der Waals surface area contributed by atoms with Gasteiger partial charge in [-0.15, -0.1) is 0 Å². The molecule has 0 bridgehead atoms. The lowest BCUT2D eigenvalue weighted by Gasteiger charge is -2.20. The molecule has 0 radical (unpaired) electrons. The van der Waals surface area contributed by atoms with Crippen LogP contribution in [0.15, 0.2) is 4.99 Å². The number of hydrogen-bond acceptors (Lipinski definition) is 2. The number of hydrogen-bond donors (Lipinski definition) is 2. The number of aliphatic imine (C=N–C) groups is 1. The van der Waals surface area contributed by atoms with Crippen molar-refractivity contribution in [3.05, 3.63) is 0 Å². The minimum Gasteiger partial charge on any atom is -0.370 e. The molecule has 0 saturated carbocycles. The van der Waals surface area contributed by atoms with Crippen molar-refractivity contribution in [1.82, 2.24) is 10.2 Å². The Bertz CT molecular complexity index is 237. The van der Waals surface area contributed by atoms with Crippen LogP contribution in [0.2, 0.25) is 0 Å². The monoisotopic (exact) mass is 198 g/mol. The third-order valence-corrected chi connectivity index (χ3v) is 2.03. The summed E-state index contributed by atoms with van der Waals surface area (Å²) in [6.45, 7) is 6.01. The van der Waals surface area contributed by atoms with Crippen molar-refractivity contribution >= 4 is 11.9 Å². The predicted molar refractivity (Wildman–Crippen MR) is 56.0 cm³/mol. The van der Waals surface area contributed by atoms with Gasteiger partial charge in [0, 0.05) is 32.1 Å². The van der Waals surface area contributed by atoms with E-state index in [1.807, 2.05) is 18.7 Å². The van der Waals surface area contributed by atoms with Crippen molar-refractivity contribution in [2.75, 3.05) is 19.6 Å². The summed E-state index contributed by atoms with van der Waals surface area (Å²) in [5.41, 5.74) is 5.80. The number of rotatable bonds is 1. The van der Waals surface area contributed by atoms with Gasteiger partial charge < -0.3 is 16.0 Å². The molecule has 5 nitrogen and oxygen atoms in total. The average Bonchev–Trinajstić information content (AvgIpc) is 2.28. The van der Waals surface area contributed by atoms with Crippen LogP contribution in [-0.2, 0) is 4.79 Å². The highest BCUT2D eigenvalue weighted by Crippen LogP contribution is 1.97. The fourth-order valence-corrected chi connectivity index (χ4v) is 1.34. The normalized spacial score (nSPS) is 19.5. The van der Waals surface area contributed by atoms with Gasteiger partial charge in [-0.3, -0.25) is 9.79 Å². The zero-order chi connectivity index (χ0) is 10.6. The maximum Gasteiger partial charge on any atom is 0.221 e. The number of carbonyl (C=O) groups excluding carboxylic acids is 1. The van der Waals surface area contributed by atoms with E-state index in [4.69, 9.17) is 5.73 Å². The lowest BCUT2D eigenvalue weighted by atomic mass is 10.4. The van der Waals surface area contributed by atoms with E-state index >= 15 is 0 Å². The van der Waals surface area contributed by atoms with E-state index in [-0.39, 0.29) is 11.9 Å². The van der Waals surface area contributed by atoms with Gasteiger partial charge in [0.1, 0.15) is 0 Å². The molecule has 1 amide bonds. The first-order chi connectivity index (χ1) is 6.59. The quantitative estimate of drug-likeness (QED) is 0.442. The molecule has 3 N–H and O–H groups in total. The van der Waals surface area contributed by atoms with Crippen molar-refractivity contribution in [3.8, 4) is 0 Å². The molecule has 14 heavy (non-hydrogen) atoms. The third-order valence-electron chi connectivity index (χ3n) is 2.03. The lowest BCUT2D eigenvalue weighted by molar-refractivity contribution is -0.120. The standard InChI is InChI=1S/C9H18N4O/c1-7(2)12-9(10)13-5-3-8(14)11-4-6-13/h7H,3-6H2,1-2H3,(H2,10,12)(H,11,14). The van der Waals surface area contributed by atoms with Crippen molar-refractivity contribution < 1.29 is 4.79 Å². The van der Waals surface area contributed by atoms with E-state index < -0.39 is 0 Å². The third kappa shape index (κ3) is 3.24. The van der Waals surface area contributed by atoms with Gasteiger partial charge in [0.15, 0.2) is 5.96 Å². The van der Waals surface area contributed by atoms with Crippen LogP contribution >= 0.6 is 0 Å². The highest BCUT2D eigenvalue weighted by Gasteiger charge is 2.14. The Hall–Kier alpha value is -1.26. The first kappa shape index (κ1) is 10.8. The van der Waals surface area contributed by atoms with E-state index in [0.717, 1.165) is 6.54 Å². The second kappa shape index (κ2) is 4.83. The summed E-state index contributed by atoms with van der Waals surface area (Å²) >= 11 is 0. The van der Waals surface area contributed by atoms with E-state index in [9.17, 15) is 4.79 Å². The molecule has 0 atom stereocenters. The molecule has 5 heteroatoms. The predicted octanol–water partition coefficient (Wildman–Crippen LogP) is -0.469. The molecular weight excluding hydrogens is 180 g/mol. The first-order valence-corrected chi connectivity index (χ1v) is 4.94. The molecule has 0 spiro atoms. The van der Waals surface area contributed by atoms with Gasteiger partial charge in [-0.05, 0) is 13.8 Å². The average molecular weight is 198 g/mol. The fraction of sp³-hybridized carbons (Fsp3) is 0.778. The Balaban J connectivity index is 2.55. The van der Waals surface area contributed by atoms with Crippen LogP contribution in [-0.4, -0.2) is 42.4 Å². The van der Waals surface area contributed by atoms with Crippen molar-refractivity contribution in [2.24, 2.45) is 10.7 Å². The van der Waals surface area contributed by atoms with Crippen LogP contribution in [0.4, 0.5) is 0 Å². The Morgan fingerprint density at radius 2 is 2.29 bits per heavy atom. The minimum absolute atomic E-state index is 0.0878. The maximum absolute atomic E-state index is 11.1. The van der Waals surface area contributed by atoms with Gasteiger partial charge in [0.25, 0.3) is 0 Å². The van der Waals surface area contributed by atoms with E-state index in [1.165, 1.54) is 0 Å². The Morgan fingerprint density at radius 1 is 1.57 bits per heavy atom. The lowest BCUT2D eigenvalue weighted by Crippen LogP contribution is -2.40. The molecule has 80 valence electrons. The molecular formula is C9H18N4O. The summed E-state index contributed by atoms with van der Waals surface area (Å²) in [6.07, 6.45) is 0.494. The molecule has 1 aliphatic rings. The number of amides is 1.